The molecule has 1 rings (SSSR count). The second-order valence-corrected chi connectivity index (χ2v) is 7.68. The Labute approximate surface area is 175 Å². The number of carboxylic acids is 1. The lowest BCUT2D eigenvalue weighted by Gasteiger charge is -2.32. The summed E-state index contributed by atoms with van der Waals surface area (Å²) in [4.78, 5) is 24.2. The summed E-state index contributed by atoms with van der Waals surface area (Å²) < 4.78 is 5.12. The molecule has 1 amide bonds. The summed E-state index contributed by atoms with van der Waals surface area (Å²) >= 11 is 0. The topological polar surface area (TPSA) is 87.1 Å². The lowest BCUT2D eigenvalue weighted by Crippen LogP contribution is -2.44. The van der Waals surface area contributed by atoms with Crippen LogP contribution in [0, 0.1) is 17.8 Å². The number of nitrogens with zero attached hydrogens (tertiary/aromatic N) is 1. The van der Waals surface area contributed by atoms with E-state index in [0.717, 1.165) is 25.7 Å². The molecule has 0 spiro atoms. The molecule has 0 bridgehead atoms. The van der Waals surface area contributed by atoms with E-state index < -0.39 is 18.2 Å². The van der Waals surface area contributed by atoms with Gasteiger partial charge in [0.05, 0.1) is 25.3 Å². The average molecular weight is 408 g/mol. The molecule has 0 aromatic rings. The molecule has 6 heteroatoms. The molecule has 0 radical (unpaired) electrons. The van der Waals surface area contributed by atoms with Gasteiger partial charge in [-0.2, -0.15) is 0 Å². The van der Waals surface area contributed by atoms with Crippen molar-refractivity contribution in [3.05, 3.63) is 12.2 Å². The maximum atomic E-state index is 12.1. The van der Waals surface area contributed by atoms with E-state index in [0.29, 0.717) is 31.8 Å². The fourth-order valence-electron chi connectivity index (χ4n) is 3.54. The Balaban J connectivity index is 2.57. The molecule has 0 saturated carbocycles. The Morgan fingerprint density at radius 3 is 2.76 bits per heavy atom. The molecule has 1 saturated heterocycles. The molecular formula is C23H37NO5. The fraction of sp³-hybridized carbons (Fsp3) is 0.739. The van der Waals surface area contributed by atoms with Gasteiger partial charge in [-0.3, -0.25) is 9.69 Å². The van der Waals surface area contributed by atoms with Crippen molar-refractivity contribution >= 4 is 12.1 Å². The van der Waals surface area contributed by atoms with Crippen LogP contribution in [0.1, 0.15) is 78.1 Å². The predicted octanol–water partition coefficient (Wildman–Crippen LogP) is 4.37. The standard InChI is InChI=1S/C23H37NO5/c1-3-5-11-19(10-4-2)18-21(25)14-13-20-15-17-29-23(28)24(20)16-9-7-6-8-12-22(26)27/h13-14,19-21,25H,3-6,8,10-12,15-18H2,1-2H3,(H,26,27)/b14-13+. The molecule has 6 nitrogen and oxygen atoms in total. The van der Waals surface area contributed by atoms with Crippen LogP contribution >= 0.6 is 0 Å². The van der Waals surface area contributed by atoms with Crippen molar-refractivity contribution < 1.29 is 24.5 Å². The van der Waals surface area contributed by atoms with E-state index in [4.69, 9.17) is 9.84 Å². The minimum atomic E-state index is -0.828. The van der Waals surface area contributed by atoms with Crippen molar-refractivity contribution in [2.75, 3.05) is 13.2 Å². The Bertz CT molecular complexity index is 578. The number of aliphatic hydroxyl groups excluding tert-OH is 1. The molecule has 1 heterocycles. The number of unbranched alkanes of at least 4 members (excludes halogenated alkanes) is 2. The zero-order valence-corrected chi connectivity index (χ0v) is 17.9. The first-order valence-electron chi connectivity index (χ1n) is 10.9. The first-order valence-corrected chi connectivity index (χ1v) is 10.9. The quantitative estimate of drug-likeness (QED) is 0.269. The monoisotopic (exact) mass is 407 g/mol. The number of carbonyl (C=O) groups is 2. The molecule has 3 unspecified atom stereocenters. The number of carboxylic acid groups (broad SMARTS) is 1. The second-order valence-electron chi connectivity index (χ2n) is 7.68. The fourth-order valence-corrected chi connectivity index (χ4v) is 3.54. The molecular weight excluding hydrogens is 370 g/mol. The number of aliphatic carboxylic acids is 1. The van der Waals surface area contributed by atoms with Crippen LogP contribution in [-0.2, 0) is 9.53 Å². The van der Waals surface area contributed by atoms with Gasteiger partial charge in [-0.1, -0.05) is 64.0 Å². The van der Waals surface area contributed by atoms with Crippen LogP contribution in [0.5, 0.6) is 0 Å². The van der Waals surface area contributed by atoms with Gasteiger partial charge < -0.3 is 14.9 Å². The van der Waals surface area contributed by atoms with E-state index in [1.54, 1.807) is 4.90 Å². The summed E-state index contributed by atoms with van der Waals surface area (Å²) in [7, 11) is 0. The first kappa shape index (κ1) is 25.0. The highest BCUT2D eigenvalue weighted by Gasteiger charge is 2.27. The maximum Gasteiger partial charge on any atom is 0.411 e. The summed E-state index contributed by atoms with van der Waals surface area (Å²) in [6.45, 7) is 4.97. The van der Waals surface area contributed by atoms with Gasteiger partial charge in [0.15, 0.2) is 0 Å². The SMILES string of the molecule is CCCCC(CCC)CC(O)/C=C/C1CCOC(=O)N1CC#CCCCC(=O)O. The molecule has 3 atom stereocenters. The summed E-state index contributed by atoms with van der Waals surface area (Å²) in [6.07, 6.45) is 11.1. The minimum Gasteiger partial charge on any atom is -0.481 e. The molecule has 0 aromatic heterocycles. The highest BCUT2D eigenvalue weighted by atomic mass is 16.6. The Morgan fingerprint density at radius 2 is 2.07 bits per heavy atom. The van der Waals surface area contributed by atoms with Crippen LogP contribution in [0.2, 0.25) is 0 Å². The van der Waals surface area contributed by atoms with Crippen molar-refractivity contribution in [3.8, 4) is 11.8 Å². The van der Waals surface area contributed by atoms with Crippen molar-refractivity contribution in [1.29, 1.82) is 0 Å². The molecule has 2 N–H and O–H groups in total. The van der Waals surface area contributed by atoms with E-state index in [9.17, 15) is 14.7 Å². The number of hydrogen-bond acceptors (Lipinski definition) is 4. The number of aliphatic hydroxyl groups is 1. The second kappa shape index (κ2) is 14.9. The van der Waals surface area contributed by atoms with Crippen molar-refractivity contribution in [1.82, 2.24) is 4.90 Å². The number of hydrogen-bond donors (Lipinski definition) is 2. The van der Waals surface area contributed by atoms with Crippen LogP contribution in [-0.4, -0.2) is 52.5 Å². The highest BCUT2D eigenvalue weighted by Crippen LogP contribution is 2.22. The van der Waals surface area contributed by atoms with Gasteiger partial charge in [0, 0.05) is 19.3 Å². The third-order valence-electron chi connectivity index (χ3n) is 5.13. The van der Waals surface area contributed by atoms with E-state index in [-0.39, 0.29) is 19.0 Å². The van der Waals surface area contributed by atoms with Gasteiger partial charge in [0.1, 0.15) is 0 Å². The average Bonchev–Trinajstić information content (AvgIpc) is 2.68. The van der Waals surface area contributed by atoms with Crippen molar-refractivity contribution in [2.45, 2.75) is 90.2 Å². The van der Waals surface area contributed by atoms with Crippen molar-refractivity contribution in [2.24, 2.45) is 5.92 Å². The summed E-state index contributed by atoms with van der Waals surface area (Å²) in [6, 6.07) is -0.139. The summed E-state index contributed by atoms with van der Waals surface area (Å²) in [5.41, 5.74) is 0. The Morgan fingerprint density at radius 1 is 1.28 bits per heavy atom. The first-order chi connectivity index (χ1) is 14.0. The summed E-state index contributed by atoms with van der Waals surface area (Å²) in [5, 5.41) is 19.1. The minimum absolute atomic E-state index is 0.0982. The van der Waals surface area contributed by atoms with Crippen molar-refractivity contribution in [3.63, 3.8) is 0 Å². The van der Waals surface area contributed by atoms with Gasteiger partial charge in [0.25, 0.3) is 0 Å². The largest absolute Gasteiger partial charge is 0.481 e. The number of carbonyl (C=O) groups excluding carboxylic acids is 1. The molecule has 164 valence electrons. The number of amides is 1. The molecule has 1 fully saturated rings. The Hall–Kier alpha value is -2.00. The lowest BCUT2D eigenvalue weighted by molar-refractivity contribution is -0.137. The van der Waals surface area contributed by atoms with Crippen LogP contribution in [0.25, 0.3) is 0 Å². The van der Waals surface area contributed by atoms with Gasteiger partial charge in [-0.15, -0.1) is 5.92 Å². The predicted molar refractivity (Wildman–Crippen MR) is 113 cm³/mol. The molecule has 1 aliphatic rings. The van der Waals surface area contributed by atoms with E-state index in [1.165, 1.54) is 12.8 Å². The smallest absolute Gasteiger partial charge is 0.411 e. The molecule has 0 aliphatic carbocycles. The number of cyclic esters (lactones) is 1. The normalized spacial score (nSPS) is 18.8. The zero-order chi connectivity index (χ0) is 21.5. The highest BCUT2D eigenvalue weighted by molar-refractivity contribution is 5.69. The zero-order valence-electron chi connectivity index (χ0n) is 17.9. The van der Waals surface area contributed by atoms with Crippen LogP contribution in [0.4, 0.5) is 4.79 Å². The van der Waals surface area contributed by atoms with Crippen LogP contribution in [0.3, 0.4) is 0 Å². The number of rotatable bonds is 13. The maximum absolute atomic E-state index is 12.1. The van der Waals surface area contributed by atoms with E-state index in [2.05, 4.69) is 25.7 Å². The molecule has 0 aromatic carbocycles. The summed E-state index contributed by atoms with van der Waals surface area (Å²) in [5.74, 6) is 5.56. The van der Waals surface area contributed by atoms with Gasteiger partial charge in [0.2, 0.25) is 0 Å². The van der Waals surface area contributed by atoms with Crippen LogP contribution in [0.15, 0.2) is 12.2 Å². The lowest BCUT2D eigenvalue weighted by atomic mass is 9.91. The number of ether oxygens (including phenoxy) is 1. The third kappa shape index (κ3) is 10.9. The van der Waals surface area contributed by atoms with Gasteiger partial charge in [-0.25, -0.2) is 4.79 Å². The van der Waals surface area contributed by atoms with E-state index >= 15 is 0 Å². The van der Waals surface area contributed by atoms with Gasteiger partial charge >= 0.3 is 12.1 Å². The van der Waals surface area contributed by atoms with Crippen LogP contribution < -0.4 is 0 Å². The third-order valence-corrected chi connectivity index (χ3v) is 5.13. The molecule has 1 aliphatic heterocycles. The Kier molecular flexibility index (Phi) is 12.9. The van der Waals surface area contributed by atoms with Gasteiger partial charge in [-0.05, 0) is 18.8 Å². The van der Waals surface area contributed by atoms with E-state index in [1.807, 2.05) is 12.2 Å². The molecule has 29 heavy (non-hydrogen) atoms.